The second-order valence-electron chi connectivity index (χ2n) is 4.84. The van der Waals surface area contributed by atoms with Crippen LogP contribution < -0.4 is 5.32 Å². The summed E-state index contributed by atoms with van der Waals surface area (Å²) in [6, 6.07) is 4.90. The number of nitrogens with zero attached hydrogens (tertiary/aromatic N) is 1. The van der Waals surface area contributed by atoms with Crippen molar-refractivity contribution in [1.29, 1.82) is 0 Å². The van der Waals surface area contributed by atoms with Gasteiger partial charge in [0.15, 0.2) is 0 Å². The summed E-state index contributed by atoms with van der Waals surface area (Å²) in [7, 11) is 2.10. The Balaban J connectivity index is 1.83. The molecule has 1 aliphatic carbocycles. The molecule has 0 amide bonds. The van der Waals surface area contributed by atoms with Gasteiger partial charge in [0.05, 0.1) is 0 Å². The van der Waals surface area contributed by atoms with Crippen molar-refractivity contribution in [3.05, 3.63) is 30.1 Å². The Bertz CT molecular complexity index is 291. The monoisotopic (exact) mass is 218 g/mol. The maximum absolute atomic E-state index is 4.17. The van der Waals surface area contributed by atoms with E-state index in [1.54, 1.807) is 0 Å². The summed E-state index contributed by atoms with van der Waals surface area (Å²) in [4.78, 5) is 4.17. The Kier molecular flexibility index (Phi) is 4.34. The fourth-order valence-electron chi connectivity index (χ4n) is 2.84. The zero-order valence-corrected chi connectivity index (χ0v) is 10.2. The van der Waals surface area contributed by atoms with Crippen LogP contribution >= 0.6 is 0 Å². The number of hydrogen-bond donors (Lipinski definition) is 1. The molecule has 1 aromatic rings. The van der Waals surface area contributed by atoms with E-state index >= 15 is 0 Å². The third-order valence-corrected chi connectivity index (χ3v) is 3.81. The van der Waals surface area contributed by atoms with Crippen LogP contribution in [0.25, 0.3) is 0 Å². The van der Waals surface area contributed by atoms with E-state index < -0.39 is 0 Å². The van der Waals surface area contributed by atoms with Crippen LogP contribution in [-0.4, -0.2) is 18.1 Å². The predicted octanol–water partition coefficient (Wildman–Crippen LogP) is 2.79. The largest absolute Gasteiger partial charge is 0.317 e. The molecule has 0 radical (unpaired) electrons. The van der Waals surface area contributed by atoms with E-state index in [1.165, 1.54) is 37.7 Å². The van der Waals surface area contributed by atoms with Crippen LogP contribution in [0.3, 0.4) is 0 Å². The first kappa shape index (κ1) is 11.6. The lowest BCUT2D eigenvalue weighted by Crippen LogP contribution is -2.32. The SMILES string of the molecule is CNC(CCc1cccnc1)C1CCCC1. The lowest BCUT2D eigenvalue weighted by molar-refractivity contribution is 0.360. The molecule has 1 N–H and O–H groups in total. The van der Waals surface area contributed by atoms with Crippen LogP contribution in [-0.2, 0) is 6.42 Å². The van der Waals surface area contributed by atoms with Gasteiger partial charge in [0, 0.05) is 18.4 Å². The van der Waals surface area contributed by atoms with E-state index in [-0.39, 0.29) is 0 Å². The molecular weight excluding hydrogens is 196 g/mol. The Morgan fingerprint density at radius 1 is 1.44 bits per heavy atom. The molecule has 1 saturated carbocycles. The lowest BCUT2D eigenvalue weighted by atomic mass is 9.93. The molecule has 0 spiro atoms. The predicted molar refractivity (Wildman–Crippen MR) is 67.4 cm³/mol. The molecule has 0 aliphatic heterocycles. The highest BCUT2D eigenvalue weighted by atomic mass is 14.9. The highest BCUT2D eigenvalue weighted by Gasteiger charge is 2.23. The van der Waals surface area contributed by atoms with Gasteiger partial charge in [-0.05, 0) is 50.3 Å². The summed E-state index contributed by atoms with van der Waals surface area (Å²) in [5.74, 6) is 0.904. The number of nitrogens with one attached hydrogen (secondary N) is 1. The Hall–Kier alpha value is -0.890. The van der Waals surface area contributed by atoms with Gasteiger partial charge >= 0.3 is 0 Å². The molecule has 2 rings (SSSR count). The maximum Gasteiger partial charge on any atom is 0.0299 e. The fraction of sp³-hybridized carbons (Fsp3) is 0.643. The number of hydrogen-bond acceptors (Lipinski definition) is 2. The van der Waals surface area contributed by atoms with E-state index in [0.29, 0.717) is 6.04 Å². The van der Waals surface area contributed by atoms with Crippen LogP contribution in [0.4, 0.5) is 0 Å². The second kappa shape index (κ2) is 6.00. The van der Waals surface area contributed by atoms with Gasteiger partial charge in [-0.3, -0.25) is 4.98 Å². The standard InChI is InChI=1S/C14H22N2/c1-15-14(13-6-2-3-7-13)9-8-12-5-4-10-16-11-12/h4-5,10-11,13-15H,2-3,6-9H2,1H3. The van der Waals surface area contributed by atoms with Crippen molar-refractivity contribution in [3.63, 3.8) is 0 Å². The molecule has 88 valence electrons. The molecule has 16 heavy (non-hydrogen) atoms. The molecule has 1 aromatic heterocycles. The van der Waals surface area contributed by atoms with Crippen molar-refractivity contribution in [3.8, 4) is 0 Å². The van der Waals surface area contributed by atoms with Crippen molar-refractivity contribution < 1.29 is 0 Å². The Labute approximate surface area is 98.5 Å². The zero-order valence-electron chi connectivity index (χ0n) is 10.2. The zero-order chi connectivity index (χ0) is 11.2. The molecule has 1 heterocycles. The number of aromatic nitrogens is 1. The average molecular weight is 218 g/mol. The molecule has 1 unspecified atom stereocenters. The quantitative estimate of drug-likeness (QED) is 0.822. The molecule has 0 bridgehead atoms. The van der Waals surface area contributed by atoms with Crippen LogP contribution in [0.2, 0.25) is 0 Å². The van der Waals surface area contributed by atoms with E-state index in [4.69, 9.17) is 0 Å². The fourth-order valence-corrected chi connectivity index (χ4v) is 2.84. The summed E-state index contributed by atoms with van der Waals surface area (Å²) in [6.45, 7) is 0. The smallest absolute Gasteiger partial charge is 0.0299 e. The van der Waals surface area contributed by atoms with Gasteiger partial charge in [0.2, 0.25) is 0 Å². The second-order valence-corrected chi connectivity index (χ2v) is 4.84. The van der Waals surface area contributed by atoms with Gasteiger partial charge in [0.1, 0.15) is 0 Å². The van der Waals surface area contributed by atoms with Crippen LogP contribution in [0.1, 0.15) is 37.7 Å². The lowest BCUT2D eigenvalue weighted by Gasteiger charge is -2.22. The Morgan fingerprint density at radius 2 is 2.25 bits per heavy atom. The molecule has 0 aromatic carbocycles. The van der Waals surface area contributed by atoms with E-state index in [2.05, 4.69) is 23.4 Å². The molecule has 2 nitrogen and oxygen atoms in total. The van der Waals surface area contributed by atoms with E-state index in [0.717, 1.165) is 12.3 Å². The summed E-state index contributed by atoms with van der Waals surface area (Å²) in [6.07, 6.45) is 11.9. The highest BCUT2D eigenvalue weighted by Crippen LogP contribution is 2.29. The topological polar surface area (TPSA) is 24.9 Å². The number of aryl methyl sites for hydroxylation is 1. The van der Waals surface area contributed by atoms with Gasteiger partial charge in [-0.25, -0.2) is 0 Å². The summed E-state index contributed by atoms with van der Waals surface area (Å²) < 4.78 is 0. The van der Waals surface area contributed by atoms with Gasteiger partial charge in [-0.1, -0.05) is 18.9 Å². The van der Waals surface area contributed by atoms with Gasteiger partial charge in [-0.2, -0.15) is 0 Å². The first-order chi connectivity index (χ1) is 7.90. The van der Waals surface area contributed by atoms with Crippen LogP contribution in [0.15, 0.2) is 24.5 Å². The van der Waals surface area contributed by atoms with Gasteiger partial charge < -0.3 is 5.32 Å². The normalized spacial score (nSPS) is 18.8. The molecule has 1 fully saturated rings. The first-order valence-corrected chi connectivity index (χ1v) is 6.46. The first-order valence-electron chi connectivity index (χ1n) is 6.46. The number of pyridine rings is 1. The summed E-state index contributed by atoms with van der Waals surface area (Å²) >= 11 is 0. The highest BCUT2D eigenvalue weighted by molar-refractivity contribution is 5.08. The molecular formula is C14H22N2. The summed E-state index contributed by atoms with van der Waals surface area (Å²) in [5, 5.41) is 3.49. The minimum absolute atomic E-state index is 0.697. The van der Waals surface area contributed by atoms with Crippen molar-refractivity contribution in [2.75, 3.05) is 7.05 Å². The van der Waals surface area contributed by atoms with Crippen LogP contribution in [0.5, 0.6) is 0 Å². The van der Waals surface area contributed by atoms with Crippen molar-refractivity contribution >= 4 is 0 Å². The molecule has 0 saturated heterocycles. The van der Waals surface area contributed by atoms with E-state index in [1.807, 2.05) is 18.5 Å². The van der Waals surface area contributed by atoms with Gasteiger partial charge in [0.25, 0.3) is 0 Å². The van der Waals surface area contributed by atoms with Crippen LogP contribution in [0, 0.1) is 5.92 Å². The summed E-state index contributed by atoms with van der Waals surface area (Å²) in [5.41, 5.74) is 1.36. The third-order valence-electron chi connectivity index (χ3n) is 3.81. The third kappa shape index (κ3) is 3.05. The Morgan fingerprint density at radius 3 is 2.88 bits per heavy atom. The van der Waals surface area contributed by atoms with Crippen molar-refractivity contribution in [1.82, 2.24) is 10.3 Å². The molecule has 2 heteroatoms. The maximum atomic E-state index is 4.17. The minimum Gasteiger partial charge on any atom is -0.317 e. The minimum atomic E-state index is 0.697. The molecule has 1 atom stereocenters. The number of rotatable bonds is 5. The van der Waals surface area contributed by atoms with E-state index in [9.17, 15) is 0 Å². The van der Waals surface area contributed by atoms with Gasteiger partial charge in [-0.15, -0.1) is 0 Å². The molecule has 1 aliphatic rings. The van der Waals surface area contributed by atoms with Crippen molar-refractivity contribution in [2.45, 2.75) is 44.6 Å². The average Bonchev–Trinajstić information content (AvgIpc) is 2.85. The van der Waals surface area contributed by atoms with Crippen molar-refractivity contribution in [2.24, 2.45) is 5.92 Å².